The normalized spacial score (nSPS) is 13.7. The summed E-state index contributed by atoms with van der Waals surface area (Å²) in [6, 6.07) is 8.55. The summed E-state index contributed by atoms with van der Waals surface area (Å²) in [6.45, 7) is 8.24. The van der Waals surface area contributed by atoms with Crippen LogP contribution in [0.5, 0.6) is 5.75 Å². The van der Waals surface area contributed by atoms with Crippen molar-refractivity contribution in [1.29, 1.82) is 0 Å². The van der Waals surface area contributed by atoms with Crippen LogP contribution in [-0.4, -0.2) is 31.6 Å². The first-order valence-corrected chi connectivity index (χ1v) is 6.41. The van der Waals surface area contributed by atoms with E-state index in [1.54, 1.807) is 7.11 Å². The average Bonchev–Trinajstić information content (AvgIpc) is 2.28. The third-order valence-corrected chi connectivity index (χ3v) is 3.32. The second-order valence-electron chi connectivity index (χ2n) is 5.88. The summed E-state index contributed by atoms with van der Waals surface area (Å²) in [5.74, 6) is 0.904. The molecule has 1 atom stereocenters. The van der Waals surface area contributed by atoms with Crippen LogP contribution >= 0.6 is 0 Å². The zero-order valence-electron chi connectivity index (χ0n) is 12.2. The van der Waals surface area contributed by atoms with Crippen molar-refractivity contribution in [3.8, 4) is 5.75 Å². The zero-order chi connectivity index (χ0) is 13.8. The molecule has 0 amide bonds. The van der Waals surface area contributed by atoms with Gasteiger partial charge in [0.1, 0.15) is 5.75 Å². The van der Waals surface area contributed by atoms with Crippen LogP contribution in [0.1, 0.15) is 26.3 Å². The Balaban J connectivity index is 2.76. The van der Waals surface area contributed by atoms with Gasteiger partial charge in [0.2, 0.25) is 0 Å². The summed E-state index contributed by atoms with van der Waals surface area (Å²) >= 11 is 0. The minimum absolute atomic E-state index is 0.183. The number of benzene rings is 1. The molecule has 0 aliphatic heterocycles. The highest BCUT2D eigenvalue weighted by atomic mass is 16.5. The summed E-state index contributed by atoms with van der Waals surface area (Å²) in [7, 11) is 3.82. The minimum atomic E-state index is 0.183. The molecule has 0 aliphatic rings. The van der Waals surface area contributed by atoms with Gasteiger partial charge in [0.05, 0.1) is 7.11 Å². The molecule has 1 aromatic carbocycles. The Bertz CT molecular complexity index is 371. The van der Waals surface area contributed by atoms with Gasteiger partial charge in [-0.05, 0) is 30.2 Å². The molecule has 3 nitrogen and oxygen atoms in total. The molecule has 18 heavy (non-hydrogen) atoms. The molecule has 3 heteroatoms. The van der Waals surface area contributed by atoms with Gasteiger partial charge in [-0.2, -0.15) is 0 Å². The Morgan fingerprint density at radius 2 is 2.00 bits per heavy atom. The van der Waals surface area contributed by atoms with Crippen LogP contribution in [0.15, 0.2) is 24.3 Å². The number of nitrogens with two attached hydrogens (primary N) is 1. The van der Waals surface area contributed by atoms with Crippen LogP contribution in [-0.2, 0) is 6.54 Å². The molecule has 0 spiro atoms. The molecular weight excluding hydrogens is 224 g/mol. The molecule has 0 aliphatic carbocycles. The summed E-state index contributed by atoms with van der Waals surface area (Å²) in [6.07, 6.45) is 0. The third-order valence-electron chi connectivity index (χ3n) is 3.32. The van der Waals surface area contributed by atoms with Crippen molar-refractivity contribution in [2.45, 2.75) is 33.4 Å². The van der Waals surface area contributed by atoms with Crippen LogP contribution in [0, 0.1) is 5.41 Å². The molecule has 1 rings (SSSR count). The quantitative estimate of drug-likeness (QED) is 0.872. The predicted octanol–water partition coefficient (Wildman–Crippen LogP) is 2.50. The van der Waals surface area contributed by atoms with Gasteiger partial charge >= 0.3 is 0 Å². The van der Waals surface area contributed by atoms with E-state index in [1.165, 1.54) is 5.56 Å². The van der Waals surface area contributed by atoms with Crippen LogP contribution in [0.2, 0.25) is 0 Å². The Labute approximate surface area is 111 Å². The van der Waals surface area contributed by atoms with Crippen molar-refractivity contribution >= 4 is 0 Å². The Morgan fingerprint density at radius 3 is 2.50 bits per heavy atom. The van der Waals surface area contributed by atoms with Gasteiger partial charge < -0.3 is 10.5 Å². The molecule has 0 saturated carbocycles. The van der Waals surface area contributed by atoms with Crippen molar-refractivity contribution in [3.63, 3.8) is 0 Å². The van der Waals surface area contributed by atoms with E-state index in [0.717, 1.165) is 12.3 Å². The maximum Gasteiger partial charge on any atom is 0.119 e. The van der Waals surface area contributed by atoms with E-state index in [0.29, 0.717) is 12.6 Å². The summed E-state index contributed by atoms with van der Waals surface area (Å²) in [4.78, 5) is 2.31. The lowest BCUT2D eigenvalue weighted by atomic mass is 9.85. The average molecular weight is 250 g/mol. The SMILES string of the molecule is COc1cccc(CN(C)C(CN)C(C)(C)C)c1. The highest BCUT2D eigenvalue weighted by Crippen LogP contribution is 2.24. The van der Waals surface area contributed by atoms with Crippen LogP contribution in [0.4, 0.5) is 0 Å². The molecule has 1 aromatic rings. The number of hydrogen-bond donors (Lipinski definition) is 1. The van der Waals surface area contributed by atoms with E-state index < -0.39 is 0 Å². The molecule has 0 heterocycles. The maximum absolute atomic E-state index is 5.90. The van der Waals surface area contributed by atoms with E-state index in [4.69, 9.17) is 10.5 Å². The maximum atomic E-state index is 5.90. The summed E-state index contributed by atoms with van der Waals surface area (Å²) < 4.78 is 5.25. The summed E-state index contributed by atoms with van der Waals surface area (Å²) in [5.41, 5.74) is 7.34. The lowest BCUT2D eigenvalue weighted by Crippen LogP contribution is -2.46. The van der Waals surface area contributed by atoms with E-state index >= 15 is 0 Å². The van der Waals surface area contributed by atoms with E-state index in [-0.39, 0.29) is 5.41 Å². The molecule has 102 valence electrons. The first-order valence-electron chi connectivity index (χ1n) is 6.41. The van der Waals surface area contributed by atoms with Gasteiger partial charge in [-0.25, -0.2) is 0 Å². The smallest absolute Gasteiger partial charge is 0.119 e. The van der Waals surface area contributed by atoms with Crippen molar-refractivity contribution in [3.05, 3.63) is 29.8 Å². The van der Waals surface area contributed by atoms with Gasteiger partial charge in [-0.15, -0.1) is 0 Å². The number of methoxy groups -OCH3 is 1. The molecule has 0 saturated heterocycles. The number of likely N-dealkylation sites (N-methyl/N-ethyl adjacent to an activating group) is 1. The Morgan fingerprint density at radius 1 is 1.33 bits per heavy atom. The predicted molar refractivity (Wildman–Crippen MR) is 76.8 cm³/mol. The standard InChI is InChI=1S/C15H26N2O/c1-15(2,3)14(10-16)17(4)11-12-7-6-8-13(9-12)18-5/h6-9,14H,10-11,16H2,1-5H3. The molecule has 0 bridgehead atoms. The van der Waals surface area contributed by atoms with E-state index in [9.17, 15) is 0 Å². The van der Waals surface area contributed by atoms with Gasteiger partial charge in [-0.1, -0.05) is 32.9 Å². The summed E-state index contributed by atoms with van der Waals surface area (Å²) in [5, 5.41) is 0. The monoisotopic (exact) mass is 250 g/mol. The van der Waals surface area contributed by atoms with E-state index in [1.807, 2.05) is 12.1 Å². The van der Waals surface area contributed by atoms with Gasteiger partial charge in [0.25, 0.3) is 0 Å². The van der Waals surface area contributed by atoms with Crippen LogP contribution < -0.4 is 10.5 Å². The lowest BCUT2D eigenvalue weighted by Gasteiger charge is -2.37. The third kappa shape index (κ3) is 4.00. The fourth-order valence-electron chi connectivity index (χ4n) is 2.36. The first-order chi connectivity index (χ1) is 8.38. The topological polar surface area (TPSA) is 38.5 Å². The van der Waals surface area contributed by atoms with E-state index in [2.05, 4.69) is 44.9 Å². The number of ether oxygens (including phenoxy) is 1. The minimum Gasteiger partial charge on any atom is -0.497 e. The van der Waals surface area contributed by atoms with Crippen molar-refractivity contribution < 1.29 is 4.74 Å². The molecule has 2 N–H and O–H groups in total. The molecular formula is C15H26N2O. The lowest BCUT2D eigenvalue weighted by molar-refractivity contribution is 0.125. The van der Waals surface area contributed by atoms with Gasteiger partial charge in [-0.3, -0.25) is 4.90 Å². The largest absolute Gasteiger partial charge is 0.497 e. The highest BCUT2D eigenvalue weighted by Gasteiger charge is 2.26. The fraction of sp³-hybridized carbons (Fsp3) is 0.600. The highest BCUT2D eigenvalue weighted by molar-refractivity contribution is 5.28. The zero-order valence-corrected chi connectivity index (χ0v) is 12.2. The van der Waals surface area contributed by atoms with Crippen molar-refractivity contribution in [1.82, 2.24) is 4.90 Å². The number of rotatable bonds is 5. The molecule has 1 unspecified atom stereocenters. The first kappa shape index (κ1) is 15.0. The number of hydrogen-bond acceptors (Lipinski definition) is 3. The van der Waals surface area contributed by atoms with Crippen LogP contribution in [0.3, 0.4) is 0 Å². The van der Waals surface area contributed by atoms with Crippen molar-refractivity contribution in [2.24, 2.45) is 11.1 Å². The number of nitrogens with zero attached hydrogens (tertiary/aromatic N) is 1. The Kier molecular flexibility index (Phi) is 5.17. The van der Waals surface area contributed by atoms with Crippen LogP contribution in [0.25, 0.3) is 0 Å². The Hall–Kier alpha value is -1.06. The molecule has 0 radical (unpaired) electrons. The second-order valence-corrected chi connectivity index (χ2v) is 5.88. The van der Waals surface area contributed by atoms with Gasteiger partial charge in [0.15, 0.2) is 0 Å². The second kappa shape index (κ2) is 6.21. The van der Waals surface area contributed by atoms with Crippen molar-refractivity contribution in [2.75, 3.05) is 20.7 Å². The molecule has 0 aromatic heterocycles. The molecule has 0 fully saturated rings. The van der Waals surface area contributed by atoms with Gasteiger partial charge in [0, 0.05) is 19.1 Å². The fourth-order valence-corrected chi connectivity index (χ4v) is 2.36.